The predicted molar refractivity (Wildman–Crippen MR) is 75.7 cm³/mol. The van der Waals surface area contributed by atoms with E-state index in [-0.39, 0.29) is 11.8 Å². The van der Waals surface area contributed by atoms with Gasteiger partial charge in [-0.3, -0.25) is 4.79 Å². The minimum absolute atomic E-state index is 0.0658. The lowest BCUT2D eigenvalue weighted by atomic mass is 9.95. The molecule has 0 fully saturated rings. The summed E-state index contributed by atoms with van der Waals surface area (Å²) in [6, 6.07) is 13.8. The molecule has 0 aromatic heterocycles. The summed E-state index contributed by atoms with van der Waals surface area (Å²) in [6.45, 7) is 4.08. The zero-order valence-corrected chi connectivity index (χ0v) is 10.9. The maximum atomic E-state index is 12.1. The average Bonchev–Trinajstić information content (AvgIpc) is 2.37. The van der Waals surface area contributed by atoms with Gasteiger partial charge in [-0.25, -0.2) is 0 Å². The van der Waals surface area contributed by atoms with Gasteiger partial charge in [0.1, 0.15) is 0 Å². The van der Waals surface area contributed by atoms with Gasteiger partial charge < -0.3 is 5.73 Å². The van der Waals surface area contributed by atoms with Crippen LogP contribution in [0.2, 0.25) is 0 Å². The number of hydrogen-bond donors (Lipinski definition) is 1. The number of carbonyl (C=O) groups excluding carboxylic acids is 1. The smallest absolute Gasteiger partial charge is 0.164 e. The van der Waals surface area contributed by atoms with Gasteiger partial charge in [0, 0.05) is 18.0 Å². The Hall–Kier alpha value is -1.67. The quantitative estimate of drug-likeness (QED) is 0.834. The van der Waals surface area contributed by atoms with Crippen molar-refractivity contribution < 1.29 is 4.79 Å². The van der Waals surface area contributed by atoms with Gasteiger partial charge in [-0.15, -0.1) is 0 Å². The van der Waals surface area contributed by atoms with Gasteiger partial charge in [0.2, 0.25) is 0 Å². The second-order valence-electron chi connectivity index (χ2n) is 5.10. The Morgan fingerprint density at radius 2 is 1.78 bits per heavy atom. The van der Waals surface area contributed by atoms with Crippen molar-refractivity contribution in [3.63, 3.8) is 0 Å². The van der Waals surface area contributed by atoms with E-state index in [0.717, 1.165) is 16.3 Å². The molecule has 2 aromatic carbocycles. The Morgan fingerprint density at radius 3 is 2.44 bits per heavy atom. The fraction of sp³-hybridized carbons (Fsp3) is 0.312. The van der Waals surface area contributed by atoms with Crippen LogP contribution in [0.1, 0.15) is 30.6 Å². The molecule has 0 heterocycles. The summed E-state index contributed by atoms with van der Waals surface area (Å²) >= 11 is 0. The Balaban J connectivity index is 2.23. The third kappa shape index (κ3) is 2.77. The normalized spacial score (nSPS) is 12.9. The topological polar surface area (TPSA) is 43.1 Å². The largest absolute Gasteiger partial charge is 0.327 e. The number of ketones is 1. The zero-order valence-electron chi connectivity index (χ0n) is 10.9. The molecule has 0 bridgehead atoms. The Bertz CT molecular complexity index is 560. The van der Waals surface area contributed by atoms with E-state index < -0.39 is 0 Å². The van der Waals surface area contributed by atoms with E-state index in [2.05, 4.69) is 0 Å². The molecule has 0 aliphatic heterocycles. The van der Waals surface area contributed by atoms with E-state index in [0.29, 0.717) is 12.3 Å². The molecule has 1 unspecified atom stereocenters. The molecule has 2 heteroatoms. The summed E-state index contributed by atoms with van der Waals surface area (Å²) in [5.74, 6) is 0.455. The molecule has 18 heavy (non-hydrogen) atoms. The third-order valence-corrected chi connectivity index (χ3v) is 3.35. The molecule has 2 aromatic rings. The summed E-state index contributed by atoms with van der Waals surface area (Å²) in [7, 11) is 0. The van der Waals surface area contributed by atoms with E-state index >= 15 is 0 Å². The van der Waals surface area contributed by atoms with Gasteiger partial charge in [-0.05, 0) is 22.8 Å². The first kappa shape index (κ1) is 12.8. The average molecular weight is 241 g/mol. The van der Waals surface area contributed by atoms with Crippen LogP contribution in [-0.2, 0) is 0 Å². The molecule has 0 radical (unpaired) electrons. The van der Waals surface area contributed by atoms with Crippen molar-refractivity contribution in [3.8, 4) is 0 Å². The number of Topliss-reactive ketones (excluding diaryl/α,β-unsaturated/α-hetero) is 1. The van der Waals surface area contributed by atoms with Crippen molar-refractivity contribution in [2.75, 3.05) is 0 Å². The van der Waals surface area contributed by atoms with Gasteiger partial charge in [-0.2, -0.15) is 0 Å². The van der Waals surface area contributed by atoms with Gasteiger partial charge in [-0.1, -0.05) is 50.2 Å². The first-order valence-corrected chi connectivity index (χ1v) is 6.35. The second kappa shape index (κ2) is 5.32. The standard InChI is InChI=1S/C16H19NO/c1-11(2)15(17)10-16(18)14-8-7-12-5-3-4-6-13(12)9-14/h3-9,11,15H,10,17H2,1-2H3. The minimum atomic E-state index is -0.0658. The Morgan fingerprint density at radius 1 is 1.11 bits per heavy atom. The van der Waals surface area contributed by atoms with E-state index in [9.17, 15) is 4.79 Å². The van der Waals surface area contributed by atoms with Crippen LogP contribution in [0, 0.1) is 5.92 Å². The SMILES string of the molecule is CC(C)C(N)CC(=O)c1ccc2ccccc2c1. The van der Waals surface area contributed by atoms with Crippen molar-refractivity contribution in [2.24, 2.45) is 11.7 Å². The highest BCUT2D eigenvalue weighted by Crippen LogP contribution is 2.17. The molecule has 1 atom stereocenters. The number of carbonyl (C=O) groups is 1. The number of rotatable bonds is 4. The zero-order chi connectivity index (χ0) is 13.1. The van der Waals surface area contributed by atoms with Crippen LogP contribution < -0.4 is 5.73 Å². The first-order valence-electron chi connectivity index (χ1n) is 6.35. The summed E-state index contributed by atoms with van der Waals surface area (Å²) < 4.78 is 0. The van der Waals surface area contributed by atoms with Crippen LogP contribution in [0.15, 0.2) is 42.5 Å². The van der Waals surface area contributed by atoms with E-state index in [1.165, 1.54) is 0 Å². The highest BCUT2D eigenvalue weighted by atomic mass is 16.1. The van der Waals surface area contributed by atoms with Crippen molar-refractivity contribution >= 4 is 16.6 Å². The fourth-order valence-electron chi connectivity index (χ4n) is 1.93. The highest BCUT2D eigenvalue weighted by molar-refractivity contribution is 6.00. The van der Waals surface area contributed by atoms with Gasteiger partial charge in [0.05, 0.1) is 0 Å². The van der Waals surface area contributed by atoms with Crippen LogP contribution in [-0.4, -0.2) is 11.8 Å². The molecule has 2 rings (SSSR count). The van der Waals surface area contributed by atoms with E-state index in [1.54, 1.807) is 0 Å². The summed E-state index contributed by atoms with van der Waals surface area (Å²) in [5, 5.41) is 2.25. The van der Waals surface area contributed by atoms with Gasteiger partial charge in [0.25, 0.3) is 0 Å². The monoisotopic (exact) mass is 241 g/mol. The van der Waals surface area contributed by atoms with Crippen molar-refractivity contribution in [3.05, 3.63) is 48.0 Å². The molecule has 2 nitrogen and oxygen atoms in total. The van der Waals surface area contributed by atoms with Crippen LogP contribution in [0.4, 0.5) is 0 Å². The predicted octanol–water partition coefficient (Wildman–Crippen LogP) is 3.40. The molecule has 0 saturated carbocycles. The van der Waals surface area contributed by atoms with E-state index in [1.807, 2.05) is 56.3 Å². The van der Waals surface area contributed by atoms with Gasteiger partial charge in [0.15, 0.2) is 5.78 Å². The molecular formula is C16H19NO. The second-order valence-corrected chi connectivity index (χ2v) is 5.10. The molecule has 2 N–H and O–H groups in total. The third-order valence-electron chi connectivity index (χ3n) is 3.35. The Labute approximate surface area is 108 Å². The van der Waals surface area contributed by atoms with Crippen LogP contribution in [0.3, 0.4) is 0 Å². The highest BCUT2D eigenvalue weighted by Gasteiger charge is 2.14. The van der Waals surface area contributed by atoms with Crippen LogP contribution >= 0.6 is 0 Å². The molecule has 94 valence electrons. The number of benzene rings is 2. The molecule has 0 aliphatic rings. The fourth-order valence-corrected chi connectivity index (χ4v) is 1.93. The lowest BCUT2D eigenvalue weighted by molar-refractivity contribution is 0.0968. The molecule has 0 aliphatic carbocycles. The van der Waals surface area contributed by atoms with Crippen molar-refractivity contribution in [1.29, 1.82) is 0 Å². The van der Waals surface area contributed by atoms with Crippen LogP contribution in [0.5, 0.6) is 0 Å². The Kier molecular flexibility index (Phi) is 3.78. The molecular weight excluding hydrogens is 222 g/mol. The maximum absolute atomic E-state index is 12.1. The van der Waals surface area contributed by atoms with Crippen molar-refractivity contribution in [2.45, 2.75) is 26.3 Å². The maximum Gasteiger partial charge on any atom is 0.164 e. The molecule has 0 saturated heterocycles. The van der Waals surface area contributed by atoms with E-state index in [4.69, 9.17) is 5.73 Å². The lowest BCUT2D eigenvalue weighted by Crippen LogP contribution is -2.29. The summed E-state index contributed by atoms with van der Waals surface area (Å²) in [5.41, 5.74) is 6.70. The number of nitrogens with two attached hydrogens (primary N) is 1. The minimum Gasteiger partial charge on any atom is -0.327 e. The molecule has 0 amide bonds. The summed E-state index contributed by atoms with van der Waals surface area (Å²) in [6.07, 6.45) is 0.413. The molecule has 0 spiro atoms. The van der Waals surface area contributed by atoms with Crippen LogP contribution in [0.25, 0.3) is 10.8 Å². The number of hydrogen-bond acceptors (Lipinski definition) is 2. The van der Waals surface area contributed by atoms with Gasteiger partial charge >= 0.3 is 0 Å². The van der Waals surface area contributed by atoms with Crippen molar-refractivity contribution in [1.82, 2.24) is 0 Å². The first-order chi connectivity index (χ1) is 8.58. The number of fused-ring (bicyclic) bond motifs is 1. The summed E-state index contributed by atoms with van der Waals surface area (Å²) in [4.78, 5) is 12.1. The lowest BCUT2D eigenvalue weighted by Gasteiger charge is -2.14.